The summed E-state index contributed by atoms with van der Waals surface area (Å²) in [6.07, 6.45) is 2.03. The van der Waals surface area contributed by atoms with Gasteiger partial charge in [0.1, 0.15) is 12.4 Å². The second-order valence-corrected chi connectivity index (χ2v) is 6.42. The van der Waals surface area contributed by atoms with E-state index >= 15 is 0 Å². The minimum Gasteiger partial charge on any atom is -0.493 e. The summed E-state index contributed by atoms with van der Waals surface area (Å²) in [5.41, 5.74) is 0. The number of pyridine rings is 1. The maximum absolute atomic E-state index is 10.2. The SMILES string of the molecule is COc1ccccc1OCC(O)CCN1CCN(c2ccccn2)CC1. The number of aliphatic hydroxyl groups is 1. The van der Waals surface area contributed by atoms with Gasteiger partial charge in [0.25, 0.3) is 0 Å². The summed E-state index contributed by atoms with van der Waals surface area (Å²) in [5, 5.41) is 10.2. The van der Waals surface area contributed by atoms with Crippen LogP contribution in [0.3, 0.4) is 0 Å². The summed E-state index contributed by atoms with van der Waals surface area (Å²) < 4.78 is 10.9. The van der Waals surface area contributed by atoms with E-state index in [0.717, 1.165) is 38.5 Å². The van der Waals surface area contributed by atoms with Crippen molar-refractivity contribution < 1.29 is 14.6 Å². The molecule has 26 heavy (non-hydrogen) atoms. The molecule has 0 bridgehead atoms. The molecule has 0 saturated carbocycles. The number of anilines is 1. The average molecular weight is 357 g/mol. The summed E-state index contributed by atoms with van der Waals surface area (Å²) in [6.45, 7) is 5.03. The molecule has 6 heteroatoms. The van der Waals surface area contributed by atoms with Crippen LogP contribution in [0.5, 0.6) is 11.5 Å². The van der Waals surface area contributed by atoms with E-state index in [1.54, 1.807) is 7.11 Å². The Morgan fingerprint density at radius 2 is 1.77 bits per heavy atom. The van der Waals surface area contributed by atoms with Crippen LogP contribution in [0.1, 0.15) is 6.42 Å². The molecule has 1 aliphatic rings. The van der Waals surface area contributed by atoms with E-state index in [1.165, 1.54) is 0 Å². The molecule has 0 amide bonds. The van der Waals surface area contributed by atoms with Gasteiger partial charge < -0.3 is 19.5 Å². The van der Waals surface area contributed by atoms with E-state index in [9.17, 15) is 5.11 Å². The van der Waals surface area contributed by atoms with E-state index in [2.05, 4.69) is 20.9 Å². The molecule has 2 aromatic rings. The number of nitrogens with zero attached hydrogens (tertiary/aromatic N) is 3. The van der Waals surface area contributed by atoms with Crippen LogP contribution < -0.4 is 14.4 Å². The Hall–Kier alpha value is -2.31. The fraction of sp³-hybridized carbons (Fsp3) is 0.450. The normalized spacial score (nSPS) is 16.3. The molecule has 1 atom stereocenters. The van der Waals surface area contributed by atoms with Gasteiger partial charge in [0.15, 0.2) is 11.5 Å². The highest BCUT2D eigenvalue weighted by molar-refractivity contribution is 5.39. The van der Waals surface area contributed by atoms with Gasteiger partial charge in [0.2, 0.25) is 0 Å². The first-order valence-electron chi connectivity index (χ1n) is 9.08. The number of hydrogen-bond donors (Lipinski definition) is 1. The second-order valence-electron chi connectivity index (χ2n) is 6.42. The van der Waals surface area contributed by atoms with Crippen molar-refractivity contribution in [3.8, 4) is 11.5 Å². The van der Waals surface area contributed by atoms with Gasteiger partial charge in [-0.2, -0.15) is 0 Å². The van der Waals surface area contributed by atoms with Crippen LogP contribution in [0.2, 0.25) is 0 Å². The monoisotopic (exact) mass is 357 g/mol. The molecule has 2 heterocycles. The van der Waals surface area contributed by atoms with Crippen molar-refractivity contribution in [3.63, 3.8) is 0 Å². The Balaban J connectivity index is 1.37. The molecule has 1 N–H and O–H groups in total. The third-order valence-electron chi connectivity index (χ3n) is 4.62. The zero-order valence-electron chi connectivity index (χ0n) is 15.3. The highest BCUT2D eigenvalue weighted by atomic mass is 16.5. The predicted octanol–water partition coefficient (Wildman–Crippen LogP) is 2.04. The first kappa shape index (κ1) is 18.5. The second kappa shape index (κ2) is 9.40. The zero-order chi connectivity index (χ0) is 18.2. The summed E-state index contributed by atoms with van der Waals surface area (Å²) in [7, 11) is 1.61. The Bertz CT molecular complexity index is 660. The third-order valence-corrected chi connectivity index (χ3v) is 4.62. The minimum atomic E-state index is -0.492. The fourth-order valence-corrected chi connectivity index (χ4v) is 3.08. The van der Waals surface area contributed by atoms with Gasteiger partial charge in [-0.05, 0) is 30.7 Å². The Morgan fingerprint density at radius 1 is 1.04 bits per heavy atom. The molecule has 6 nitrogen and oxygen atoms in total. The van der Waals surface area contributed by atoms with Gasteiger partial charge in [-0.3, -0.25) is 4.90 Å². The van der Waals surface area contributed by atoms with Gasteiger partial charge in [0.05, 0.1) is 13.2 Å². The molecule has 1 saturated heterocycles. The highest BCUT2D eigenvalue weighted by Gasteiger charge is 2.18. The van der Waals surface area contributed by atoms with Crippen molar-refractivity contribution in [2.45, 2.75) is 12.5 Å². The van der Waals surface area contributed by atoms with Crippen LogP contribution in [0.25, 0.3) is 0 Å². The summed E-state index contributed by atoms with van der Waals surface area (Å²) in [4.78, 5) is 9.09. The lowest BCUT2D eigenvalue weighted by Crippen LogP contribution is -2.47. The number of aromatic nitrogens is 1. The average Bonchev–Trinajstić information content (AvgIpc) is 2.72. The van der Waals surface area contributed by atoms with Crippen LogP contribution in [0, 0.1) is 0 Å². The van der Waals surface area contributed by atoms with Gasteiger partial charge in [-0.15, -0.1) is 0 Å². The standard InChI is InChI=1S/C20H27N3O3/c1-25-18-6-2-3-7-19(18)26-16-17(24)9-11-22-12-14-23(15-13-22)20-8-4-5-10-21-20/h2-8,10,17,24H,9,11-16H2,1H3. The number of hydrogen-bond acceptors (Lipinski definition) is 6. The first-order valence-corrected chi connectivity index (χ1v) is 9.08. The zero-order valence-corrected chi connectivity index (χ0v) is 15.3. The van der Waals surface area contributed by atoms with E-state index in [0.29, 0.717) is 17.9 Å². The smallest absolute Gasteiger partial charge is 0.161 e. The number of aliphatic hydroxyl groups excluding tert-OH is 1. The first-order chi connectivity index (χ1) is 12.8. The fourth-order valence-electron chi connectivity index (χ4n) is 3.08. The number of benzene rings is 1. The highest BCUT2D eigenvalue weighted by Crippen LogP contribution is 2.25. The van der Waals surface area contributed by atoms with Crippen molar-refractivity contribution in [2.75, 3.05) is 51.3 Å². The molecular weight excluding hydrogens is 330 g/mol. The lowest BCUT2D eigenvalue weighted by atomic mass is 10.2. The van der Waals surface area contributed by atoms with Crippen molar-refractivity contribution in [3.05, 3.63) is 48.7 Å². The quantitative estimate of drug-likeness (QED) is 0.780. The predicted molar refractivity (Wildman–Crippen MR) is 102 cm³/mol. The molecule has 1 aromatic heterocycles. The maximum Gasteiger partial charge on any atom is 0.161 e. The van der Waals surface area contributed by atoms with Crippen LogP contribution in [0.4, 0.5) is 5.82 Å². The van der Waals surface area contributed by atoms with Crippen LogP contribution in [-0.4, -0.2) is 67.5 Å². The third kappa shape index (κ3) is 5.09. The number of para-hydroxylation sites is 2. The Labute approximate surface area is 155 Å². The number of methoxy groups -OCH3 is 1. The number of rotatable bonds is 8. The largest absolute Gasteiger partial charge is 0.493 e. The molecule has 3 rings (SSSR count). The van der Waals surface area contributed by atoms with Crippen molar-refractivity contribution in [1.29, 1.82) is 0 Å². The summed E-state index contributed by atoms with van der Waals surface area (Å²) in [5.74, 6) is 2.39. The Kier molecular flexibility index (Phi) is 6.68. The lowest BCUT2D eigenvalue weighted by Gasteiger charge is -2.35. The molecule has 0 spiro atoms. The molecule has 0 radical (unpaired) electrons. The summed E-state index contributed by atoms with van der Waals surface area (Å²) in [6, 6.07) is 13.5. The van der Waals surface area contributed by atoms with E-state index in [4.69, 9.17) is 9.47 Å². The molecule has 1 unspecified atom stereocenters. The Morgan fingerprint density at radius 3 is 2.46 bits per heavy atom. The van der Waals surface area contributed by atoms with E-state index in [1.807, 2.05) is 42.6 Å². The molecule has 0 aliphatic carbocycles. The van der Waals surface area contributed by atoms with Crippen LogP contribution in [0.15, 0.2) is 48.7 Å². The van der Waals surface area contributed by atoms with Gasteiger partial charge in [0, 0.05) is 38.9 Å². The van der Waals surface area contributed by atoms with Crippen LogP contribution in [-0.2, 0) is 0 Å². The number of piperazine rings is 1. The topological polar surface area (TPSA) is 58.1 Å². The molecule has 1 fully saturated rings. The number of ether oxygens (including phenoxy) is 2. The molecule has 140 valence electrons. The van der Waals surface area contributed by atoms with Gasteiger partial charge >= 0.3 is 0 Å². The van der Waals surface area contributed by atoms with E-state index in [-0.39, 0.29) is 6.61 Å². The van der Waals surface area contributed by atoms with Crippen LogP contribution >= 0.6 is 0 Å². The van der Waals surface area contributed by atoms with E-state index < -0.39 is 6.10 Å². The van der Waals surface area contributed by atoms with Crippen molar-refractivity contribution in [2.24, 2.45) is 0 Å². The summed E-state index contributed by atoms with van der Waals surface area (Å²) >= 11 is 0. The van der Waals surface area contributed by atoms with Crippen molar-refractivity contribution >= 4 is 5.82 Å². The lowest BCUT2D eigenvalue weighted by molar-refractivity contribution is 0.0853. The van der Waals surface area contributed by atoms with Gasteiger partial charge in [-0.1, -0.05) is 18.2 Å². The molecule has 1 aliphatic heterocycles. The minimum absolute atomic E-state index is 0.272. The maximum atomic E-state index is 10.2. The molecular formula is C20H27N3O3. The van der Waals surface area contributed by atoms with Crippen molar-refractivity contribution in [1.82, 2.24) is 9.88 Å². The molecule has 1 aromatic carbocycles. The van der Waals surface area contributed by atoms with Gasteiger partial charge in [-0.25, -0.2) is 4.98 Å².